The molecule has 3 rings (SSSR count). The zero-order valence-corrected chi connectivity index (χ0v) is 16.1. The molecule has 0 saturated carbocycles. The van der Waals surface area contributed by atoms with E-state index in [1.54, 1.807) is 0 Å². The van der Waals surface area contributed by atoms with Gasteiger partial charge in [0.2, 0.25) is 0 Å². The minimum absolute atomic E-state index is 0.530. The first-order valence-corrected chi connectivity index (χ1v) is 9.53. The second-order valence-electron chi connectivity index (χ2n) is 6.39. The van der Waals surface area contributed by atoms with Crippen LogP contribution in [0.1, 0.15) is 30.5 Å². The summed E-state index contributed by atoms with van der Waals surface area (Å²) in [5.41, 5.74) is 4.76. The second-order valence-corrected chi connectivity index (χ2v) is 6.39. The summed E-state index contributed by atoms with van der Waals surface area (Å²) in [6.45, 7) is 6.03. The van der Waals surface area contributed by atoms with Crippen LogP contribution in [0.4, 0.5) is 5.69 Å². The van der Waals surface area contributed by atoms with Gasteiger partial charge >= 0.3 is 0 Å². The number of nitrogens with one attached hydrogen (secondary N) is 1. The van der Waals surface area contributed by atoms with Gasteiger partial charge in [0.1, 0.15) is 6.61 Å². The van der Waals surface area contributed by atoms with Crippen molar-refractivity contribution >= 4 is 5.69 Å². The van der Waals surface area contributed by atoms with Gasteiger partial charge in [0.25, 0.3) is 0 Å². The van der Waals surface area contributed by atoms with Crippen LogP contribution >= 0.6 is 0 Å². The molecule has 0 saturated heterocycles. The number of hydrogen-bond acceptors (Lipinski definition) is 3. The van der Waals surface area contributed by atoms with Crippen LogP contribution < -0.4 is 14.8 Å². The van der Waals surface area contributed by atoms with Crippen molar-refractivity contribution in [3.63, 3.8) is 0 Å². The predicted molar refractivity (Wildman–Crippen MR) is 112 cm³/mol. The molecule has 3 aromatic carbocycles. The number of aryl methyl sites for hydroxylation is 1. The van der Waals surface area contributed by atoms with E-state index in [9.17, 15) is 0 Å². The fraction of sp³-hybridized carbons (Fsp3) is 0.250. The number of rotatable bonds is 9. The van der Waals surface area contributed by atoms with E-state index in [1.807, 2.05) is 31.2 Å². The Balaban J connectivity index is 1.64. The van der Waals surface area contributed by atoms with Crippen molar-refractivity contribution in [3.8, 4) is 11.5 Å². The molecule has 3 aromatic rings. The van der Waals surface area contributed by atoms with Gasteiger partial charge in [-0.3, -0.25) is 0 Å². The summed E-state index contributed by atoms with van der Waals surface area (Å²) in [5.74, 6) is 1.56. The van der Waals surface area contributed by atoms with Crippen molar-refractivity contribution < 1.29 is 9.47 Å². The molecule has 3 heteroatoms. The number of anilines is 1. The van der Waals surface area contributed by atoms with Gasteiger partial charge in [0.15, 0.2) is 11.5 Å². The van der Waals surface area contributed by atoms with Crippen molar-refractivity contribution in [3.05, 3.63) is 89.5 Å². The number of hydrogen-bond donors (Lipinski definition) is 1. The Hall–Kier alpha value is -2.94. The third kappa shape index (κ3) is 5.52. The molecule has 0 amide bonds. The Bertz CT molecular complexity index is 829. The molecule has 0 aliphatic carbocycles. The average molecular weight is 361 g/mol. The van der Waals surface area contributed by atoms with Crippen LogP contribution in [0.15, 0.2) is 72.8 Å². The van der Waals surface area contributed by atoms with Gasteiger partial charge in [0.05, 0.1) is 6.61 Å². The lowest BCUT2D eigenvalue weighted by Gasteiger charge is -2.14. The van der Waals surface area contributed by atoms with Crippen molar-refractivity contribution in [1.82, 2.24) is 0 Å². The van der Waals surface area contributed by atoms with E-state index in [0.29, 0.717) is 13.2 Å². The van der Waals surface area contributed by atoms with E-state index in [1.165, 1.54) is 5.56 Å². The Labute approximate surface area is 162 Å². The Morgan fingerprint density at radius 2 is 1.44 bits per heavy atom. The van der Waals surface area contributed by atoms with E-state index >= 15 is 0 Å². The predicted octanol–water partition coefficient (Wildman–Crippen LogP) is 5.84. The zero-order chi connectivity index (χ0) is 18.9. The molecule has 1 N–H and O–H groups in total. The van der Waals surface area contributed by atoms with E-state index in [2.05, 4.69) is 60.8 Å². The summed E-state index contributed by atoms with van der Waals surface area (Å²) in [6, 6.07) is 24.9. The molecule has 0 bridgehead atoms. The average Bonchev–Trinajstić information content (AvgIpc) is 2.73. The largest absolute Gasteiger partial charge is 0.490 e. The lowest BCUT2D eigenvalue weighted by atomic mass is 10.1. The summed E-state index contributed by atoms with van der Waals surface area (Å²) in [4.78, 5) is 0. The van der Waals surface area contributed by atoms with E-state index in [0.717, 1.165) is 41.3 Å². The highest BCUT2D eigenvalue weighted by molar-refractivity contribution is 5.47. The van der Waals surface area contributed by atoms with E-state index < -0.39 is 0 Å². The minimum atomic E-state index is 0.530. The first kappa shape index (κ1) is 18.8. The molecule has 0 aliphatic heterocycles. The molecule has 3 nitrogen and oxygen atoms in total. The van der Waals surface area contributed by atoms with Gasteiger partial charge in [-0.25, -0.2) is 0 Å². The fourth-order valence-corrected chi connectivity index (χ4v) is 2.85. The monoisotopic (exact) mass is 361 g/mol. The van der Waals surface area contributed by atoms with Crippen molar-refractivity contribution in [2.75, 3.05) is 11.9 Å². The van der Waals surface area contributed by atoms with Crippen LogP contribution in [-0.2, 0) is 19.6 Å². The van der Waals surface area contributed by atoms with Crippen LogP contribution in [0.25, 0.3) is 0 Å². The first-order valence-electron chi connectivity index (χ1n) is 9.53. The maximum atomic E-state index is 5.97. The van der Waals surface area contributed by atoms with Gasteiger partial charge < -0.3 is 14.8 Å². The molecular weight excluding hydrogens is 334 g/mol. The van der Waals surface area contributed by atoms with Crippen molar-refractivity contribution in [2.24, 2.45) is 0 Å². The molecule has 0 heterocycles. The molecule has 0 atom stereocenters. The molecule has 140 valence electrons. The van der Waals surface area contributed by atoms with Crippen LogP contribution in [0.3, 0.4) is 0 Å². The Kier molecular flexibility index (Phi) is 6.75. The highest BCUT2D eigenvalue weighted by Gasteiger charge is 2.07. The molecule has 0 unspecified atom stereocenters. The highest BCUT2D eigenvalue weighted by Crippen LogP contribution is 2.29. The third-order valence-electron chi connectivity index (χ3n) is 4.40. The third-order valence-corrected chi connectivity index (χ3v) is 4.40. The van der Waals surface area contributed by atoms with Crippen molar-refractivity contribution in [1.29, 1.82) is 0 Å². The lowest BCUT2D eigenvalue weighted by Crippen LogP contribution is -2.03. The highest BCUT2D eigenvalue weighted by atomic mass is 16.5. The smallest absolute Gasteiger partial charge is 0.161 e. The molecule has 0 spiro atoms. The molecule has 0 fully saturated rings. The summed E-state index contributed by atoms with van der Waals surface area (Å²) in [7, 11) is 0. The topological polar surface area (TPSA) is 30.5 Å². The van der Waals surface area contributed by atoms with Crippen LogP contribution in [0.2, 0.25) is 0 Å². The molecule has 27 heavy (non-hydrogen) atoms. The molecule has 0 radical (unpaired) electrons. The van der Waals surface area contributed by atoms with Gasteiger partial charge in [0, 0.05) is 12.2 Å². The quantitative estimate of drug-likeness (QED) is 0.519. The van der Waals surface area contributed by atoms with Crippen molar-refractivity contribution in [2.45, 2.75) is 33.4 Å². The second kappa shape index (κ2) is 9.67. The van der Waals surface area contributed by atoms with Crippen LogP contribution in [-0.4, -0.2) is 6.61 Å². The van der Waals surface area contributed by atoms with Gasteiger partial charge in [-0.2, -0.15) is 0 Å². The van der Waals surface area contributed by atoms with E-state index in [-0.39, 0.29) is 0 Å². The van der Waals surface area contributed by atoms with Gasteiger partial charge in [-0.15, -0.1) is 0 Å². The maximum absolute atomic E-state index is 5.97. The fourth-order valence-electron chi connectivity index (χ4n) is 2.85. The summed E-state index contributed by atoms with van der Waals surface area (Å²) < 4.78 is 11.8. The number of ether oxygens (including phenoxy) is 2. The Morgan fingerprint density at radius 1 is 0.704 bits per heavy atom. The lowest BCUT2D eigenvalue weighted by molar-refractivity contribution is 0.269. The standard InChI is InChI=1S/C24H27NO2/c1-3-19-10-13-22(14-11-19)25-17-21-12-15-23(24(16-21)26-4-2)27-18-20-8-6-5-7-9-20/h5-16,25H,3-4,17-18H2,1-2H3. The molecule has 0 aromatic heterocycles. The molecule has 0 aliphatic rings. The first-order chi connectivity index (χ1) is 13.3. The summed E-state index contributed by atoms with van der Waals surface area (Å²) in [6.07, 6.45) is 1.06. The number of benzene rings is 3. The van der Waals surface area contributed by atoms with Crippen LogP contribution in [0, 0.1) is 0 Å². The van der Waals surface area contributed by atoms with Crippen LogP contribution in [0.5, 0.6) is 11.5 Å². The van der Waals surface area contributed by atoms with Gasteiger partial charge in [-0.1, -0.05) is 55.5 Å². The Morgan fingerprint density at radius 3 is 2.15 bits per heavy atom. The maximum Gasteiger partial charge on any atom is 0.161 e. The summed E-state index contributed by atoms with van der Waals surface area (Å²) in [5, 5.41) is 3.46. The SMILES string of the molecule is CCOc1cc(CNc2ccc(CC)cc2)ccc1OCc1ccccc1. The van der Waals surface area contributed by atoms with E-state index in [4.69, 9.17) is 9.47 Å². The normalized spacial score (nSPS) is 10.4. The zero-order valence-electron chi connectivity index (χ0n) is 16.1. The molecular formula is C24H27NO2. The minimum Gasteiger partial charge on any atom is -0.490 e. The summed E-state index contributed by atoms with van der Waals surface area (Å²) >= 11 is 0. The van der Waals surface area contributed by atoms with Gasteiger partial charge in [-0.05, 0) is 54.3 Å².